The van der Waals surface area contributed by atoms with Crippen LogP contribution in [-0.4, -0.2) is 20.7 Å². The number of H-pyrrole nitrogens is 1. The average Bonchev–Trinajstić information content (AvgIpc) is 3.03. The van der Waals surface area contributed by atoms with Crippen molar-refractivity contribution in [3.8, 4) is 0 Å². The number of carbonyl (C=O) groups is 1. The highest BCUT2D eigenvalue weighted by Crippen LogP contribution is 2.24. The highest BCUT2D eigenvalue weighted by atomic mass is 79.9. The van der Waals surface area contributed by atoms with Crippen molar-refractivity contribution in [3.63, 3.8) is 0 Å². The van der Waals surface area contributed by atoms with E-state index in [0.717, 1.165) is 46.0 Å². The number of fused-ring (bicyclic) bond motifs is 1. The molecule has 0 saturated heterocycles. The monoisotopic (exact) mass is 430 g/mol. The second-order valence-corrected chi connectivity index (χ2v) is 7.48. The van der Waals surface area contributed by atoms with E-state index < -0.39 is 0 Å². The summed E-state index contributed by atoms with van der Waals surface area (Å²) in [6, 6.07) is 5.72. The molecular weight excluding hydrogens is 408 g/mol. The number of nitrogens with zero attached hydrogens (tertiary/aromatic N) is 2. The van der Waals surface area contributed by atoms with Gasteiger partial charge in [-0.15, -0.1) is 0 Å². The fourth-order valence-electron chi connectivity index (χ4n) is 3.32. The third-order valence-corrected chi connectivity index (χ3v) is 5.04. The van der Waals surface area contributed by atoms with Crippen LogP contribution in [0.5, 0.6) is 0 Å². The number of amides is 1. The van der Waals surface area contributed by atoms with Crippen molar-refractivity contribution in [1.29, 1.82) is 0 Å². The van der Waals surface area contributed by atoms with Gasteiger partial charge < -0.3 is 10.3 Å². The molecule has 2 N–H and O–H groups in total. The molecule has 0 radical (unpaired) electrons. The maximum Gasteiger partial charge on any atom is 0.253 e. The van der Waals surface area contributed by atoms with Crippen molar-refractivity contribution in [1.82, 2.24) is 20.1 Å². The molecule has 2 aromatic heterocycles. The van der Waals surface area contributed by atoms with Crippen molar-refractivity contribution in [2.45, 2.75) is 46.7 Å². The van der Waals surface area contributed by atoms with Gasteiger partial charge in [0.2, 0.25) is 0 Å². The molecule has 0 fully saturated rings. The molecule has 2 heterocycles. The van der Waals surface area contributed by atoms with E-state index in [4.69, 9.17) is 0 Å². The van der Waals surface area contributed by atoms with Crippen LogP contribution in [0, 0.1) is 6.92 Å². The first kappa shape index (κ1) is 19.4. The Morgan fingerprint density at radius 2 is 2.07 bits per heavy atom. The fourth-order valence-corrected chi connectivity index (χ4v) is 3.76. The molecule has 6 nitrogen and oxygen atoms in total. The number of benzene rings is 1. The summed E-state index contributed by atoms with van der Waals surface area (Å²) in [5.74, 6) is -0.223. The zero-order valence-electron chi connectivity index (χ0n) is 15.7. The Morgan fingerprint density at radius 1 is 1.30 bits per heavy atom. The fraction of sp³-hybridized carbons (Fsp3) is 0.350. The summed E-state index contributed by atoms with van der Waals surface area (Å²) in [4.78, 5) is 28.0. The summed E-state index contributed by atoms with van der Waals surface area (Å²) in [5, 5.41) is 8.04. The van der Waals surface area contributed by atoms with Crippen LogP contribution in [0.4, 0.5) is 0 Å². The van der Waals surface area contributed by atoms with E-state index in [1.54, 1.807) is 12.3 Å². The minimum absolute atomic E-state index is 0.142. The lowest BCUT2D eigenvalue weighted by atomic mass is 10.0. The van der Waals surface area contributed by atoms with E-state index in [2.05, 4.69) is 38.3 Å². The molecule has 1 aromatic carbocycles. The van der Waals surface area contributed by atoms with Crippen molar-refractivity contribution in [2.24, 2.45) is 0 Å². The zero-order valence-corrected chi connectivity index (χ0v) is 17.3. The molecule has 0 saturated carbocycles. The number of hydrogen-bond donors (Lipinski definition) is 2. The third kappa shape index (κ3) is 3.98. The van der Waals surface area contributed by atoms with Gasteiger partial charge in [0.05, 0.1) is 17.3 Å². The molecule has 0 bridgehead atoms. The van der Waals surface area contributed by atoms with Gasteiger partial charge in [-0.3, -0.25) is 14.3 Å². The van der Waals surface area contributed by atoms with Crippen LogP contribution in [0.3, 0.4) is 0 Å². The van der Waals surface area contributed by atoms with Gasteiger partial charge >= 0.3 is 0 Å². The molecule has 3 rings (SSSR count). The lowest BCUT2D eigenvalue weighted by molar-refractivity contribution is 0.0952. The Bertz CT molecular complexity index is 1050. The predicted molar refractivity (Wildman–Crippen MR) is 110 cm³/mol. The number of aryl methyl sites for hydroxylation is 3. The van der Waals surface area contributed by atoms with Crippen LogP contribution >= 0.6 is 15.9 Å². The molecule has 0 aliphatic rings. The van der Waals surface area contributed by atoms with Gasteiger partial charge in [-0.2, -0.15) is 5.10 Å². The number of pyridine rings is 1. The number of rotatable bonds is 6. The minimum atomic E-state index is -0.223. The molecule has 0 aliphatic heterocycles. The summed E-state index contributed by atoms with van der Waals surface area (Å²) >= 11 is 3.47. The third-order valence-electron chi connectivity index (χ3n) is 4.58. The number of carbonyl (C=O) groups excluding carboxylic acids is 1. The normalized spacial score (nSPS) is 11.1. The Morgan fingerprint density at radius 3 is 2.78 bits per heavy atom. The van der Waals surface area contributed by atoms with Crippen molar-refractivity contribution >= 4 is 32.7 Å². The lowest BCUT2D eigenvalue weighted by Gasteiger charge is -2.11. The molecule has 0 spiro atoms. The van der Waals surface area contributed by atoms with Crippen LogP contribution in [0.15, 0.2) is 33.7 Å². The SMILES string of the molecule is CCCc1cc(C)[nH]c(=O)c1CNC(=O)c1cc(Br)cc2c1cnn2CC. The Balaban J connectivity index is 1.91. The molecule has 0 unspecified atom stereocenters. The van der Waals surface area contributed by atoms with E-state index in [1.165, 1.54) is 0 Å². The molecule has 1 amide bonds. The highest BCUT2D eigenvalue weighted by molar-refractivity contribution is 9.10. The first-order valence-electron chi connectivity index (χ1n) is 9.09. The highest BCUT2D eigenvalue weighted by Gasteiger charge is 2.16. The number of aromatic amines is 1. The van der Waals surface area contributed by atoms with Gasteiger partial charge in [-0.25, -0.2) is 0 Å². The van der Waals surface area contributed by atoms with Gasteiger partial charge in [-0.1, -0.05) is 29.3 Å². The van der Waals surface area contributed by atoms with Crippen molar-refractivity contribution in [2.75, 3.05) is 0 Å². The maximum atomic E-state index is 12.8. The Labute approximate surface area is 166 Å². The second kappa shape index (κ2) is 8.08. The quantitative estimate of drug-likeness (QED) is 0.625. The summed E-state index contributed by atoms with van der Waals surface area (Å²) in [5.41, 5.74) is 3.73. The largest absolute Gasteiger partial charge is 0.348 e. The standard InChI is InChI=1S/C20H23BrN4O2/c1-4-6-13-7-12(3)24-20(27)16(13)10-22-19(26)15-8-14(21)9-18-17(15)11-23-25(18)5-2/h7-9,11H,4-6,10H2,1-3H3,(H,22,26)(H,24,27). The maximum absolute atomic E-state index is 12.8. The Kier molecular flexibility index (Phi) is 5.79. The molecule has 142 valence electrons. The second-order valence-electron chi connectivity index (χ2n) is 6.56. The first-order chi connectivity index (χ1) is 12.9. The van der Waals surface area contributed by atoms with Gasteiger partial charge in [-0.05, 0) is 44.0 Å². The van der Waals surface area contributed by atoms with Gasteiger partial charge in [0.15, 0.2) is 0 Å². The summed E-state index contributed by atoms with van der Waals surface area (Å²) in [6.45, 7) is 6.86. The topological polar surface area (TPSA) is 79.8 Å². The van der Waals surface area contributed by atoms with Gasteiger partial charge in [0.1, 0.15) is 0 Å². The van der Waals surface area contributed by atoms with Crippen LogP contribution in [0.25, 0.3) is 10.9 Å². The summed E-state index contributed by atoms with van der Waals surface area (Å²) in [6.07, 6.45) is 3.45. The molecular formula is C20H23BrN4O2. The van der Waals surface area contributed by atoms with E-state index in [-0.39, 0.29) is 18.0 Å². The zero-order chi connectivity index (χ0) is 19.6. The van der Waals surface area contributed by atoms with E-state index in [9.17, 15) is 9.59 Å². The molecule has 3 aromatic rings. The predicted octanol–water partition coefficient (Wildman–Crippen LogP) is 3.70. The number of aromatic nitrogens is 3. The average molecular weight is 431 g/mol. The molecule has 27 heavy (non-hydrogen) atoms. The van der Waals surface area contributed by atoms with Gasteiger partial charge in [0, 0.05) is 34.2 Å². The first-order valence-corrected chi connectivity index (χ1v) is 9.88. The lowest BCUT2D eigenvalue weighted by Crippen LogP contribution is -2.28. The van der Waals surface area contributed by atoms with Crippen LogP contribution in [0.2, 0.25) is 0 Å². The smallest absolute Gasteiger partial charge is 0.253 e. The van der Waals surface area contributed by atoms with Crippen molar-refractivity contribution < 1.29 is 4.79 Å². The van der Waals surface area contributed by atoms with Crippen molar-refractivity contribution in [3.05, 3.63) is 61.6 Å². The van der Waals surface area contributed by atoms with E-state index >= 15 is 0 Å². The van der Waals surface area contributed by atoms with Crippen LogP contribution in [-0.2, 0) is 19.5 Å². The minimum Gasteiger partial charge on any atom is -0.348 e. The van der Waals surface area contributed by atoms with E-state index in [0.29, 0.717) is 11.1 Å². The Hall–Kier alpha value is -2.41. The summed E-state index contributed by atoms with van der Waals surface area (Å²) in [7, 11) is 0. The van der Waals surface area contributed by atoms with Gasteiger partial charge in [0.25, 0.3) is 11.5 Å². The molecule has 0 atom stereocenters. The molecule has 7 heteroatoms. The summed E-state index contributed by atoms with van der Waals surface area (Å²) < 4.78 is 2.66. The number of halogens is 1. The number of nitrogens with one attached hydrogen (secondary N) is 2. The van der Waals surface area contributed by atoms with E-state index in [1.807, 2.05) is 30.7 Å². The number of hydrogen-bond acceptors (Lipinski definition) is 3. The van der Waals surface area contributed by atoms with Crippen LogP contribution < -0.4 is 10.9 Å². The van der Waals surface area contributed by atoms with Crippen LogP contribution in [0.1, 0.15) is 47.4 Å². The molecule has 0 aliphatic carbocycles.